The highest BCUT2D eigenvalue weighted by Gasteiger charge is 2.28. The number of imidazole rings is 1. The molecule has 242 valence electrons. The largest absolute Gasteiger partial charge is 0.493 e. The van der Waals surface area contributed by atoms with Crippen molar-refractivity contribution in [2.24, 2.45) is 7.05 Å². The van der Waals surface area contributed by atoms with E-state index in [9.17, 15) is 9.90 Å². The Kier molecular flexibility index (Phi) is 8.97. The number of hydrogen-bond donors (Lipinski definition) is 1. The highest BCUT2D eigenvalue weighted by Crippen LogP contribution is 2.39. The van der Waals surface area contributed by atoms with E-state index in [1.54, 1.807) is 6.20 Å². The van der Waals surface area contributed by atoms with Gasteiger partial charge < -0.3 is 28.5 Å². The van der Waals surface area contributed by atoms with E-state index < -0.39 is 5.97 Å². The lowest BCUT2D eigenvalue weighted by Gasteiger charge is -2.12. The van der Waals surface area contributed by atoms with Crippen molar-refractivity contribution in [3.63, 3.8) is 0 Å². The molecule has 10 nitrogen and oxygen atoms in total. The minimum Gasteiger partial charge on any atom is -0.493 e. The summed E-state index contributed by atoms with van der Waals surface area (Å²) in [5, 5.41) is 18.4. The molecule has 6 aromatic rings. The topological polar surface area (TPSA) is 106 Å². The van der Waals surface area contributed by atoms with Crippen molar-refractivity contribution in [1.29, 1.82) is 0 Å². The molecular weight excluding hydrogens is 618 g/mol. The number of aromatic nitrogens is 5. The number of carboxylic acids is 1. The van der Waals surface area contributed by atoms with E-state index in [2.05, 4.69) is 28.3 Å². The number of aromatic carboxylic acids is 1. The Labute approximate surface area is 277 Å². The fourth-order valence-electron chi connectivity index (χ4n) is 6.59. The van der Waals surface area contributed by atoms with Crippen LogP contribution in [0.1, 0.15) is 52.5 Å². The van der Waals surface area contributed by atoms with E-state index in [1.165, 1.54) is 4.20 Å². The first-order valence-electron chi connectivity index (χ1n) is 15.9. The maximum Gasteiger partial charge on any atom is 0.352 e. The number of carboxylic acid groups (broad SMARTS) is 1. The zero-order valence-corrected chi connectivity index (χ0v) is 26.9. The van der Waals surface area contributed by atoms with Gasteiger partial charge in [0, 0.05) is 66.3 Å². The Morgan fingerprint density at radius 1 is 1.04 bits per heavy atom. The molecule has 3 aromatic carbocycles. The van der Waals surface area contributed by atoms with E-state index in [0.717, 1.165) is 62.8 Å². The van der Waals surface area contributed by atoms with Crippen LogP contribution in [0.15, 0.2) is 73.1 Å². The number of hydrogen-bond acceptors (Lipinski definition) is 6. The van der Waals surface area contributed by atoms with Crippen molar-refractivity contribution in [3.8, 4) is 16.9 Å². The van der Waals surface area contributed by atoms with Crippen LogP contribution >= 0.6 is 11.8 Å². The molecule has 0 aliphatic carbocycles. The van der Waals surface area contributed by atoms with Crippen molar-refractivity contribution < 1.29 is 24.1 Å². The molecule has 7 rings (SSSR count). The lowest BCUT2D eigenvalue weighted by Crippen LogP contribution is -2.12. The van der Waals surface area contributed by atoms with Crippen molar-refractivity contribution in [1.82, 2.24) is 23.4 Å². The van der Waals surface area contributed by atoms with E-state index >= 15 is 0 Å². The van der Waals surface area contributed by atoms with Crippen LogP contribution in [-0.4, -0.2) is 47.7 Å². The molecule has 0 saturated carbocycles. The summed E-state index contributed by atoms with van der Waals surface area (Å²) in [4.78, 5) is 17.3. The maximum absolute atomic E-state index is 13.0. The fourth-order valence-corrected chi connectivity index (χ4v) is 6.81. The number of para-hydroxylation sites is 1. The first-order chi connectivity index (χ1) is 23.0. The van der Waals surface area contributed by atoms with Gasteiger partial charge in [0.05, 0.1) is 36.7 Å². The lowest BCUT2D eigenvalue weighted by molar-refractivity contribution is 0.0683. The predicted molar refractivity (Wildman–Crippen MR) is 180 cm³/mol. The minimum absolute atomic E-state index is 0.191. The van der Waals surface area contributed by atoms with Crippen molar-refractivity contribution in [2.45, 2.75) is 52.0 Å². The van der Waals surface area contributed by atoms with Crippen LogP contribution in [0.4, 0.5) is 0 Å². The number of carbonyl (C=O) groups is 1. The third-order valence-corrected chi connectivity index (χ3v) is 9.08. The van der Waals surface area contributed by atoms with Crippen molar-refractivity contribution in [3.05, 3.63) is 102 Å². The second-order valence-corrected chi connectivity index (χ2v) is 12.1. The molecular formula is C36H36ClN5O5. The van der Waals surface area contributed by atoms with Gasteiger partial charge in [-0.2, -0.15) is 9.30 Å². The van der Waals surface area contributed by atoms with Gasteiger partial charge in [-0.25, -0.2) is 9.78 Å². The van der Waals surface area contributed by atoms with Gasteiger partial charge in [-0.05, 0) is 42.7 Å². The van der Waals surface area contributed by atoms with Crippen LogP contribution in [0.2, 0.25) is 0 Å². The van der Waals surface area contributed by atoms with Gasteiger partial charge in [0.15, 0.2) is 0 Å². The van der Waals surface area contributed by atoms with E-state index in [4.69, 9.17) is 26.0 Å². The standard InChI is InChI=1S/C36H36ClN5O5/c1-40-18-16-38-32(40)23-46-21-29-33-28-13-7-12-26-27(14-8-20-47-31-15-6-10-24-9-2-3-11-25(24)31)35(36(43)44)41(34(26)28)17-4-5-19-45-22-30(33)42(37)39-29/h2-3,6-7,9-13,15-16,18H,4-5,8,14,17,19-23H2,1H3,(H,43,44). The molecule has 0 saturated heterocycles. The summed E-state index contributed by atoms with van der Waals surface area (Å²) in [6.07, 6.45) is 6.35. The van der Waals surface area contributed by atoms with E-state index in [0.29, 0.717) is 56.3 Å². The van der Waals surface area contributed by atoms with Gasteiger partial charge in [-0.15, -0.1) is 0 Å². The van der Waals surface area contributed by atoms with Crippen LogP contribution in [0.3, 0.4) is 0 Å². The smallest absolute Gasteiger partial charge is 0.352 e. The highest BCUT2D eigenvalue weighted by molar-refractivity contribution is 6.16. The first kappa shape index (κ1) is 31.0. The van der Waals surface area contributed by atoms with Gasteiger partial charge >= 0.3 is 5.97 Å². The lowest BCUT2D eigenvalue weighted by atomic mass is 9.98. The molecule has 47 heavy (non-hydrogen) atoms. The summed E-state index contributed by atoms with van der Waals surface area (Å²) in [6.45, 7) is 2.28. The average Bonchev–Trinajstić information content (AvgIpc) is 3.72. The van der Waals surface area contributed by atoms with Gasteiger partial charge in [0.1, 0.15) is 23.9 Å². The van der Waals surface area contributed by atoms with Crippen LogP contribution in [0.25, 0.3) is 32.8 Å². The number of halogens is 1. The molecule has 4 heterocycles. The monoisotopic (exact) mass is 653 g/mol. The van der Waals surface area contributed by atoms with Crippen molar-refractivity contribution >= 4 is 39.4 Å². The molecule has 1 N–H and O–H groups in total. The predicted octanol–water partition coefficient (Wildman–Crippen LogP) is 7.13. The van der Waals surface area contributed by atoms with Gasteiger partial charge in [0.2, 0.25) is 0 Å². The molecule has 0 atom stereocenters. The maximum atomic E-state index is 13.0. The number of aryl methyl sites for hydroxylation is 3. The Bertz CT molecular complexity index is 2060. The third-order valence-electron chi connectivity index (χ3n) is 8.80. The molecule has 0 spiro atoms. The molecule has 0 radical (unpaired) electrons. The Balaban J connectivity index is 1.25. The summed E-state index contributed by atoms with van der Waals surface area (Å²) in [5.74, 6) is 0.670. The SMILES string of the molecule is Cn1ccnc1COCc1nn(Cl)c2c1-c1cccc3c(CCCOc4cccc5ccccc45)c(C(=O)O)n(c13)CCCCOC2. The van der Waals surface area contributed by atoms with E-state index in [-0.39, 0.29) is 13.2 Å². The van der Waals surface area contributed by atoms with Crippen LogP contribution in [0.5, 0.6) is 5.75 Å². The summed E-state index contributed by atoms with van der Waals surface area (Å²) < 4.78 is 23.6. The Morgan fingerprint density at radius 3 is 2.72 bits per heavy atom. The highest BCUT2D eigenvalue weighted by atomic mass is 35.5. The average molecular weight is 654 g/mol. The molecule has 0 amide bonds. The first-order valence-corrected chi connectivity index (χ1v) is 16.2. The minimum atomic E-state index is -0.949. The fraction of sp³-hybridized carbons (Fsp3) is 0.306. The molecule has 1 aliphatic rings. The summed E-state index contributed by atoms with van der Waals surface area (Å²) >= 11 is 6.69. The molecule has 3 aromatic heterocycles. The second-order valence-electron chi connectivity index (χ2n) is 11.8. The third kappa shape index (κ3) is 6.12. The number of rotatable bonds is 10. The summed E-state index contributed by atoms with van der Waals surface area (Å²) in [5.41, 5.74) is 4.97. The quantitative estimate of drug-likeness (QED) is 0.157. The van der Waals surface area contributed by atoms with Crippen LogP contribution < -0.4 is 4.74 Å². The van der Waals surface area contributed by atoms with Gasteiger partial charge in [-0.1, -0.05) is 54.6 Å². The van der Waals surface area contributed by atoms with Gasteiger partial charge in [-0.3, -0.25) is 0 Å². The van der Waals surface area contributed by atoms with E-state index in [1.807, 2.05) is 64.8 Å². The van der Waals surface area contributed by atoms with Gasteiger partial charge in [0.25, 0.3) is 0 Å². The van der Waals surface area contributed by atoms with Crippen LogP contribution in [0, 0.1) is 0 Å². The molecule has 0 bridgehead atoms. The molecule has 1 aliphatic heterocycles. The normalized spacial score (nSPS) is 13.5. The second kappa shape index (κ2) is 13.6. The Morgan fingerprint density at radius 2 is 1.87 bits per heavy atom. The number of fused-ring (bicyclic) bond motifs is 3. The zero-order valence-electron chi connectivity index (χ0n) is 26.2. The Hall–Kier alpha value is -4.64. The molecule has 11 heteroatoms. The zero-order chi connectivity index (χ0) is 32.3. The summed E-state index contributed by atoms with van der Waals surface area (Å²) in [7, 11) is 1.92. The van der Waals surface area contributed by atoms with Crippen LogP contribution in [-0.2, 0) is 49.3 Å². The number of ether oxygens (including phenoxy) is 3. The van der Waals surface area contributed by atoms with Crippen molar-refractivity contribution in [2.75, 3.05) is 13.2 Å². The number of benzene rings is 3. The summed E-state index contributed by atoms with van der Waals surface area (Å²) in [6, 6.07) is 20.2. The molecule has 0 unspecified atom stereocenters. The number of nitrogens with zero attached hydrogens (tertiary/aromatic N) is 5. The molecule has 0 fully saturated rings.